The molecular weight excluding hydrogens is 546 g/mol. The molecule has 3 rings (SSSR count). The molecule has 0 fully saturated rings. The molecule has 1 atom stereocenters. The number of nitrogens with zero attached hydrogens (tertiary/aromatic N) is 3. The van der Waals surface area contributed by atoms with E-state index in [0.717, 1.165) is 8.95 Å². The van der Waals surface area contributed by atoms with Crippen molar-refractivity contribution in [3.63, 3.8) is 0 Å². The molecule has 2 amide bonds. The molecule has 0 aliphatic carbocycles. The van der Waals surface area contributed by atoms with E-state index in [1.807, 2.05) is 54.8 Å². The smallest absolute Gasteiger partial charge is 0.251 e. The highest BCUT2D eigenvalue weighted by Gasteiger charge is 2.20. The van der Waals surface area contributed by atoms with E-state index in [-0.39, 0.29) is 23.6 Å². The summed E-state index contributed by atoms with van der Waals surface area (Å²) >= 11 is 8.13. The molecule has 10 heteroatoms. The van der Waals surface area contributed by atoms with Gasteiger partial charge in [-0.3, -0.25) is 9.59 Å². The van der Waals surface area contributed by atoms with Crippen LogP contribution in [-0.2, 0) is 11.3 Å². The number of rotatable bonds is 8. The van der Waals surface area contributed by atoms with E-state index in [4.69, 9.17) is 0 Å². The zero-order valence-corrected chi connectivity index (χ0v) is 20.9. The van der Waals surface area contributed by atoms with Crippen molar-refractivity contribution in [2.45, 2.75) is 31.6 Å². The lowest BCUT2D eigenvalue weighted by molar-refractivity contribution is -0.113. The van der Waals surface area contributed by atoms with Crippen LogP contribution in [0.3, 0.4) is 0 Å². The maximum atomic E-state index is 12.4. The third-order valence-electron chi connectivity index (χ3n) is 4.37. The molecule has 2 aromatic carbocycles. The first-order valence-electron chi connectivity index (χ1n) is 9.55. The van der Waals surface area contributed by atoms with Gasteiger partial charge in [0.2, 0.25) is 5.91 Å². The number of halogens is 2. The molecule has 2 N–H and O–H groups in total. The van der Waals surface area contributed by atoms with Crippen LogP contribution < -0.4 is 10.6 Å². The molecule has 0 bridgehead atoms. The van der Waals surface area contributed by atoms with Crippen molar-refractivity contribution in [3.8, 4) is 0 Å². The van der Waals surface area contributed by atoms with Gasteiger partial charge in [0.25, 0.3) is 5.91 Å². The minimum absolute atomic E-state index is 0.151. The largest absolute Gasteiger partial charge is 0.342 e. The van der Waals surface area contributed by atoms with Crippen molar-refractivity contribution in [2.75, 3.05) is 11.1 Å². The van der Waals surface area contributed by atoms with Gasteiger partial charge < -0.3 is 15.2 Å². The second-order valence-corrected chi connectivity index (χ2v) is 9.32. The molecule has 0 aliphatic heterocycles. The Bertz CT molecular complexity index is 1070. The summed E-state index contributed by atoms with van der Waals surface area (Å²) < 4.78 is 3.58. The van der Waals surface area contributed by atoms with Crippen molar-refractivity contribution >= 4 is 61.1 Å². The minimum Gasteiger partial charge on any atom is -0.342 e. The number of hydrogen-bond donors (Lipinski definition) is 2. The van der Waals surface area contributed by atoms with Crippen molar-refractivity contribution in [2.24, 2.45) is 0 Å². The molecule has 1 heterocycles. The van der Waals surface area contributed by atoms with Crippen LogP contribution in [0.25, 0.3) is 0 Å². The molecule has 1 aromatic heterocycles. The number of anilines is 1. The van der Waals surface area contributed by atoms with Gasteiger partial charge in [0.05, 0.1) is 17.5 Å². The van der Waals surface area contributed by atoms with E-state index in [9.17, 15) is 9.59 Å². The third-order valence-corrected chi connectivity index (χ3v) is 6.52. The number of benzene rings is 2. The lowest BCUT2D eigenvalue weighted by Crippen LogP contribution is -2.28. The highest BCUT2D eigenvalue weighted by Crippen LogP contribution is 2.27. The van der Waals surface area contributed by atoms with Crippen molar-refractivity contribution < 1.29 is 9.59 Å². The van der Waals surface area contributed by atoms with E-state index in [1.54, 1.807) is 12.1 Å². The summed E-state index contributed by atoms with van der Waals surface area (Å²) in [6, 6.07) is 14.3. The Hall–Kier alpha value is -2.17. The number of hydrogen-bond acceptors (Lipinski definition) is 5. The molecule has 7 nitrogen and oxygen atoms in total. The SMILES string of the molecule is CCn1c(SCC(=O)Nc2cc(Br)ccc2Br)nnc1[C@@H](C)NC(=O)c1ccccc1. The predicted octanol–water partition coefficient (Wildman–Crippen LogP) is 5.04. The average Bonchev–Trinajstić information content (AvgIpc) is 3.18. The Morgan fingerprint density at radius 2 is 1.87 bits per heavy atom. The number of carbonyl (C=O) groups is 2. The van der Waals surface area contributed by atoms with Gasteiger partial charge in [-0.25, -0.2) is 0 Å². The normalized spacial score (nSPS) is 11.7. The first kappa shape index (κ1) is 23.5. The van der Waals surface area contributed by atoms with Gasteiger partial charge in [-0.15, -0.1) is 10.2 Å². The number of carbonyl (C=O) groups excluding carboxylic acids is 2. The zero-order valence-electron chi connectivity index (χ0n) is 16.9. The Labute approximate surface area is 201 Å². The van der Waals surface area contributed by atoms with Crippen LogP contribution in [-0.4, -0.2) is 32.3 Å². The summed E-state index contributed by atoms with van der Waals surface area (Å²) in [7, 11) is 0. The van der Waals surface area contributed by atoms with Gasteiger partial charge in [-0.1, -0.05) is 45.9 Å². The average molecular weight is 567 g/mol. The molecular formula is C21H21Br2N5O2S. The second-order valence-electron chi connectivity index (χ2n) is 6.61. The van der Waals surface area contributed by atoms with E-state index >= 15 is 0 Å². The molecule has 162 valence electrons. The minimum atomic E-state index is -0.332. The molecule has 0 aliphatic rings. The maximum Gasteiger partial charge on any atom is 0.251 e. The van der Waals surface area contributed by atoms with Crippen molar-refractivity contribution in [1.29, 1.82) is 0 Å². The highest BCUT2D eigenvalue weighted by atomic mass is 79.9. The molecule has 0 spiro atoms. The quantitative estimate of drug-likeness (QED) is 0.373. The van der Waals surface area contributed by atoms with E-state index < -0.39 is 0 Å². The Balaban J connectivity index is 1.63. The third kappa shape index (κ3) is 6.18. The Morgan fingerprint density at radius 1 is 1.13 bits per heavy atom. The first-order valence-corrected chi connectivity index (χ1v) is 12.1. The number of amides is 2. The fourth-order valence-electron chi connectivity index (χ4n) is 2.87. The van der Waals surface area contributed by atoms with Gasteiger partial charge in [-0.05, 0) is 60.1 Å². The molecule has 0 unspecified atom stereocenters. The summed E-state index contributed by atoms with van der Waals surface area (Å²) in [5.74, 6) is 0.500. The first-order chi connectivity index (χ1) is 14.9. The molecule has 0 radical (unpaired) electrons. The number of nitrogens with one attached hydrogen (secondary N) is 2. The molecule has 3 aromatic rings. The summed E-state index contributed by atoms with van der Waals surface area (Å²) in [6.45, 7) is 4.46. The maximum absolute atomic E-state index is 12.4. The molecule has 0 saturated carbocycles. The van der Waals surface area contributed by atoms with Gasteiger partial charge in [0, 0.05) is 21.1 Å². The Morgan fingerprint density at radius 3 is 2.58 bits per heavy atom. The van der Waals surface area contributed by atoms with Crippen LogP contribution >= 0.6 is 43.6 Å². The monoisotopic (exact) mass is 565 g/mol. The van der Waals surface area contributed by atoms with Crippen molar-refractivity contribution in [3.05, 3.63) is 68.9 Å². The molecule has 31 heavy (non-hydrogen) atoms. The molecule has 0 saturated heterocycles. The van der Waals surface area contributed by atoms with E-state index in [2.05, 4.69) is 52.7 Å². The topological polar surface area (TPSA) is 88.9 Å². The Kier molecular flexibility index (Phi) is 8.28. The van der Waals surface area contributed by atoms with Crippen LogP contribution in [0.4, 0.5) is 5.69 Å². The lowest BCUT2D eigenvalue weighted by atomic mass is 10.2. The van der Waals surface area contributed by atoms with Gasteiger partial charge >= 0.3 is 0 Å². The lowest BCUT2D eigenvalue weighted by Gasteiger charge is -2.15. The summed E-state index contributed by atoms with van der Waals surface area (Å²) in [5.41, 5.74) is 1.27. The second kappa shape index (κ2) is 10.9. The van der Waals surface area contributed by atoms with Crippen LogP contribution in [0, 0.1) is 0 Å². The fourth-order valence-corrected chi connectivity index (χ4v) is 4.38. The van der Waals surface area contributed by atoms with Crippen LogP contribution in [0.1, 0.15) is 36.1 Å². The summed E-state index contributed by atoms with van der Waals surface area (Å²) in [4.78, 5) is 24.9. The summed E-state index contributed by atoms with van der Waals surface area (Å²) in [5, 5.41) is 14.9. The number of aromatic nitrogens is 3. The van der Waals surface area contributed by atoms with Gasteiger partial charge in [0.15, 0.2) is 11.0 Å². The van der Waals surface area contributed by atoms with Crippen LogP contribution in [0.15, 0.2) is 62.6 Å². The fraction of sp³-hybridized carbons (Fsp3) is 0.238. The van der Waals surface area contributed by atoms with Crippen molar-refractivity contribution in [1.82, 2.24) is 20.1 Å². The summed E-state index contributed by atoms with van der Waals surface area (Å²) in [6.07, 6.45) is 0. The van der Waals surface area contributed by atoms with Crippen LogP contribution in [0.2, 0.25) is 0 Å². The van der Waals surface area contributed by atoms with Gasteiger partial charge in [0.1, 0.15) is 0 Å². The predicted molar refractivity (Wildman–Crippen MR) is 129 cm³/mol. The van der Waals surface area contributed by atoms with Crippen LogP contribution in [0.5, 0.6) is 0 Å². The highest BCUT2D eigenvalue weighted by molar-refractivity contribution is 9.11. The number of thioether (sulfide) groups is 1. The van der Waals surface area contributed by atoms with E-state index in [0.29, 0.717) is 28.8 Å². The zero-order chi connectivity index (χ0) is 22.4. The standard InChI is InChI=1S/C21H21Br2N5O2S/c1-3-28-19(13(2)24-20(30)14-7-5-4-6-8-14)26-27-21(28)31-12-18(29)25-17-11-15(22)9-10-16(17)23/h4-11,13H,3,12H2,1-2H3,(H,24,30)(H,25,29)/t13-/m1/s1. The van der Waals surface area contributed by atoms with E-state index in [1.165, 1.54) is 11.8 Å². The van der Waals surface area contributed by atoms with Gasteiger partial charge in [-0.2, -0.15) is 0 Å².